The molecule has 0 amide bonds. The van der Waals surface area contributed by atoms with E-state index in [1.807, 2.05) is 0 Å². The third kappa shape index (κ3) is 4.76. The van der Waals surface area contributed by atoms with Crippen LogP contribution in [0.5, 0.6) is 11.5 Å². The van der Waals surface area contributed by atoms with Crippen LogP contribution in [0, 0.1) is 0 Å². The van der Waals surface area contributed by atoms with Gasteiger partial charge in [-0.15, -0.1) is 0 Å². The molecule has 0 saturated carbocycles. The van der Waals surface area contributed by atoms with Gasteiger partial charge in [-0.25, -0.2) is 0 Å². The maximum absolute atomic E-state index is 12.0. The van der Waals surface area contributed by atoms with E-state index in [1.165, 1.54) is 0 Å². The first-order valence-electron chi connectivity index (χ1n) is 6.36. The highest BCUT2D eigenvalue weighted by Gasteiger charge is 2.27. The summed E-state index contributed by atoms with van der Waals surface area (Å²) in [6, 6.07) is 3.04. The minimum atomic E-state index is -4.32. The lowest BCUT2D eigenvalue weighted by Gasteiger charge is -2.22. The van der Waals surface area contributed by atoms with Crippen molar-refractivity contribution in [3.63, 3.8) is 0 Å². The van der Waals surface area contributed by atoms with Crippen LogP contribution < -0.4 is 15.2 Å². The summed E-state index contributed by atoms with van der Waals surface area (Å²) in [7, 11) is 0. The molecule has 1 aliphatic heterocycles. The number of rotatable bonds is 5. The first-order valence-corrected chi connectivity index (χ1v) is 7.15. The zero-order valence-electron chi connectivity index (χ0n) is 11.1. The molecule has 0 spiro atoms. The van der Waals surface area contributed by atoms with E-state index >= 15 is 0 Å². The van der Waals surface area contributed by atoms with Crippen molar-refractivity contribution in [3.8, 4) is 11.5 Å². The van der Waals surface area contributed by atoms with Gasteiger partial charge in [-0.2, -0.15) is 13.2 Å². The fourth-order valence-corrected chi connectivity index (χ4v) is 2.53. The smallest absolute Gasteiger partial charge is 0.411 e. The van der Waals surface area contributed by atoms with E-state index in [2.05, 4.69) is 20.7 Å². The fraction of sp³-hybridized carbons (Fsp3) is 0.538. The number of alkyl halides is 3. The van der Waals surface area contributed by atoms with Gasteiger partial charge < -0.3 is 19.9 Å². The molecule has 21 heavy (non-hydrogen) atoms. The zero-order chi connectivity index (χ0) is 15.5. The molecule has 0 aliphatic carbocycles. The molecule has 0 radical (unpaired) electrons. The lowest BCUT2D eigenvalue weighted by Crippen LogP contribution is -2.20. The topological polar surface area (TPSA) is 53.7 Å². The van der Waals surface area contributed by atoms with Crippen molar-refractivity contribution in [2.24, 2.45) is 5.73 Å². The number of hydrogen-bond donors (Lipinski definition) is 1. The van der Waals surface area contributed by atoms with Gasteiger partial charge in [-0.1, -0.05) is 15.9 Å². The largest absolute Gasteiger partial charge is 0.486 e. The average molecular weight is 370 g/mol. The van der Waals surface area contributed by atoms with Gasteiger partial charge in [0.15, 0.2) is 11.5 Å². The number of nitrogens with two attached hydrogens (primary N) is 1. The predicted molar refractivity (Wildman–Crippen MR) is 73.6 cm³/mol. The van der Waals surface area contributed by atoms with Gasteiger partial charge in [0.25, 0.3) is 0 Å². The first-order chi connectivity index (χ1) is 9.87. The molecule has 0 fully saturated rings. The highest BCUT2D eigenvalue weighted by molar-refractivity contribution is 9.10. The van der Waals surface area contributed by atoms with Crippen molar-refractivity contribution in [2.45, 2.75) is 18.6 Å². The molecule has 1 atom stereocenters. The van der Waals surface area contributed by atoms with Gasteiger partial charge in [0.2, 0.25) is 0 Å². The van der Waals surface area contributed by atoms with Crippen molar-refractivity contribution >= 4 is 15.9 Å². The fourth-order valence-electron chi connectivity index (χ4n) is 1.92. The summed E-state index contributed by atoms with van der Waals surface area (Å²) in [4.78, 5) is 0. The number of hydrogen-bond acceptors (Lipinski definition) is 4. The van der Waals surface area contributed by atoms with Crippen LogP contribution in [0.25, 0.3) is 0 Å². The summed E-state index contributed by atoms with van der Waals surface area (Å²) in [5.74, 6) is 1.21. The molecular formula is C13H15BrF3NO3. The van der Waals surface area contributed by atoms with Crippen LogP contribution in [0.3, 0.4) is 0 Å². The Morgan fingerprint density at radius 2 is 1.86 bits per heavy atom. The molecule has 8 heteroatoms. The van der Waals surface area contributed by atoms with Crippen molar-refractivity contribution in [1.29, 1.82) is 0 Å². The molecule has 2 N–H and O–H groups in total. The van der Waals surface area contributed by atoms with Gasteiger partial charge in [0.05, 0.1) is 0 Å². The highest BCUT2D eigenvalue weighted by atomic mass is 79.9. The molecule has 0 aromatic heterocycles. The lowest BCUT2D eigenvalue weighted by atomic mass is 10.0. The Labute approximate surface area is 128 Å². The Morgan fingerprint density at radius 3 is 2.48 bits per heavy atom. The number of fused-ring (bicyclic) bond motifs is 1. The Bertz CT molecular complexity index is 496. The van der Waals surface area contributed by atoms with Crippen molar-refractivity contribution < 1.29 is 27.4 Å². The van der Waals surface area contributed by atoms with Crippen molar-refractivity contribution in [1.82, 2.24) is 0 Å². The quantitative estimate of drug-likeness (QED) is 0.809. The second kappa shape index (κ2) is 6.85. The van der Waals surface area contributed by atoms with Gasteiger partial charge in [-0.3, -0.25) is 0 Å². The minimum Gasteiger partial charge on any atom is -0.486 e. The number of halogens is 4. The van der Waals surface area contributed by atoms with E-state index in [0.29, 0.717) is 24.7 Å². The maximum atomic E-state index is 12.0. The summed E-state index contributed by atoms with van der Waals surface area (Å²) in [6.45, 7) is -0.391. The van der Waals surface area contributed by atoms with Crippen LogP contribution in [0.15, 0.2) is 16.6 Å². The second-order valence-electron chi connectivity index (χ2n) is 4.58. The molecule has 0 bridgehead atoms. The predicted octanol–water partition coefficient (Wildman–Crippen LogP) is 3.19. The minimum absolute atomic E-state index is 0.0679. The maximum Gasteiger partial charge on any atom is 0.411 e. The van der Waals surface area contributed by atoms with Crippen LogP contribution >= 0.6 is 15.9 Å². The molecule has 1 aliphatic rings. The molecule has 4 nitrogen and oxygen atoms in total. The summed E-state index contributed by atoms with van der Waals surface area (Å²) >= 11 is 3.38. The molecule has 1 unspecified atom stereocenters. The van der Waals surface area contributed by atoms with Crippen molar-refractivity contribution in [2.75, 3.05) is 26.4 Å². The summed E-state index contributed by atoms with van der Waals surface area (Å²) < 4.78 is 52.1. The monoisotopic (exact) mass is 369 g/mol. The SMILES string of the molecule is NC(CCOCC(F)(F)F)c1cc2c(cc1Br)OCCO2. The number of benzene rings is 1. The Hall–Kier alpha value is -0.990. The van der Waals surface area contributed by atoms with Crippen LogP contribution in [0.4, 0.5) is 13.2 Å². The van der Waals surface area contributed by atoms with Gasteiger partial charge in [-0.05, 0) is 24.1 Å². The third-order valence-electron chi connectivity index (χ3n) is 2.90. The third-order valence-corrected chi connectivity index (χ3v) is 3.59. The Balaban J connectivity index is 1.94. The summed E-state index contributed by atoms with van der Waals surface area (Å²) in [5, 5.41) is 0. The standard InChI is InChI=1S/C13H15BrF3NO3/c14-9-6-12-11(20-3-4-21-12)5-8(9)10(18)1-2-19-7-13(15,16)17/h5-6,10H,1-4,7,18H2. The molecule has 2 rings (SSSR count). The Morgan fingerprint density at radius 1 is 1.24 bits per heavy atom. The molecule has 0 saturated heterocycles. The van der Waals surface area contributed by atoms with E-state index in [4.69, 9.17) is 15.2 Å². The van der Waals surface area contributed by atoms with Gasteiger partial charge in [0.1, 0.15) is 19.8 Å². The van der Waals surface area contributed by atoms with Gasteiger partial charge >= 0.3 is 6.18 Å². The molecule has 1 aromatic rings. The number of ether oxygens (including phenoxy) is 3. The van der Waals surface area contributed by atoms with E-state index in [9.17, 15) is 13.2 Å². The van der Waals surface area contributed by atoms with E-state index in [0.717, 1.165) is 10.0 Å². The van der Waals surface area contributed by atoms with Crippen LogP contribution in [0.2, 0.25) is 0 Å². The zero-order valence-corrected chi connectivity index (χ0v) is 12.7. The lowest BCUT2D eigenvalue weighted by molar-refractivity contribution is -0.174. The van der Waals surface area contributed by atoms with Gasteiger partial charge in [0, 0.05) is 17.1 Å². The second-order valence-corrected chi connectivity index (χ2v) is 5.43. The Kier molecular flexibility index (Phi) is 5.34. The van der Waals surface area contributed by atoms with Crippen LogP contribution in [-0.2, 0) is 4.74 Å². The first kappa shape index (κ1) is 16.4. The molecule has 1 heterocycles. The highest BCUT2D eigenvalue weighted by Crippen LogP contribution is 2.37. The average Bonchev–Trinajstić information content (AvgIpc) is 2.41. The summed E-state index contributed by atoms with van der Waals surface area (Å²) in [5.41, 5.74) is 6.74. The molecule has 1 aromatic carbocycles. The van der Waals surface area contributed by atoms with E-state index in [1.54, 1.807) is 12.1 Å². The normalized spacial score (nSPS) is 15.9. The molecule has 118 valence electrons. The van der Waals surface area contributed by atoms with Crippen molar-refractivity contribution in [3.05, 3.63) is 22.2 Å². The van der Waals surface area contributed by atoms with Crippen LogP contribution in [0.1, 0.15) is 18.0 Å². The van der Waals surface area contributed by atoms with Crippen LogP contribution in [-0.4, -0.2) is 32.6 Å². The molecular weight excluding hydrogens is 355 g/mol. The van der Waals surface area contributed by atoms with E-state index < -0.39 is 18.8 Å². The summed E-state index contributed by atoms with van der Waals surface area (Å²) in [6.07, 6.45) is -4.05. The van der Waals surface area contributed by atoms with E-state index in [-0.39, 0.29) is 13.0 Å².